The minimum atomic E-state index is -0.397. The minimum absolute atomic E-state index is 0.0571. The summed E-state index contributed by atoms with van der Waals surface area (Å²) in [6, 6.07) is 14.2. The van der Waals surface area contributed by atoms with Crippen LogP contribution in [0.15, 0.2) is 53.6 Å². The molecular weight excluding hydrogens is 354 g/mol. The zero-order valence-corrected chi connectivity index (χ0v) is 15.3. The molecule has 26 heavy (non-hydrogen) atoms. The second-order valence-corrected chi connectivity index (χ2v) is 6.10. The van der Waals surface area contributed by atoms with Gasteiger partial charge < -0.3 is 10.1 Å². The molecule has 0 saturated carbocycles. The molecule has 0 atom stereocenters. The Kier molecular flexibility index (Phi) is 7.17. The van der Waals surface area contributed by atoms with Gasteiger partial charge in [-0.15, -0.1) is 0 Å². The molecule has 136 valence electrons. The lowest BCUT2D eigenvalue weighted by Gasteiger charge is -2.08. The second-order valence-electron chi connectivity index (χ2n) is 5.67. The molecular formula is C19H20ClN3O3. The number of aryl methyl sites for hydroxylation is 1. The lowest BCUT2D eigenvalue weighted by molar-refractivity contribution is -0.123. The van der Waals surface area contributed by atoms with Crippen molar-refractivity contribution in [2.75, 3.05) is 11.9 Å². The third-order valence-electron chi connectivity index (χ3n) is 3.37. The molecule has 0 aliphatic rings. The molecule has 0 fully saturated rings. The number of nitrogens with zero attached hydrogens (tertiary/aromatic N) is 1. The number of hydrazone groups is 1. The number of hydrogen-bond acceptors (Lipinski definition) is 4. The van der Waals surface area contributed by atoms with E-state index in [1.807, 2.05) is 25.1 Å². The minimum Gasteiger partial charge on any atom is -0.483 e. The van der Waals surface area contributed by atoms with Gasteiger partial charge >= 0.3 is 0 Å². The average molecular weight is 374 g/mol. The number of nitrogens with one attached hydrogen (secondary N) is 2. The molecule has 2 N–H and O–H groups in total. The highest BCUT2D eigenvalue weighted by Gasteiger charge is 2.07. The van der Waals surface area contributed by atoms with Crippen molar-refractivity contribution >= 4 is 34.8 Å². The predicted octanol–water partition coefficient (Wildman–Crippen LogP) is 3.55. The van der Waals surface area contributed by atoms with Crippen LogP contribution in [-0.2, 0) is 9.59 Å². The van der Waals surface area contributed by atoms with E-state index in [-0.39, 0.29) is 18.9 Å². The monoisotopic (exact) mass is 373 g/mol. The molecule has 0 bridgehead atoms. The number of amides is 2. The van der Waals surface area contributed by atoms with E-state index in [0.29, 0.717) is 22.2 Å². The molecule has 2 rings (SSSR count). The number of hydrogen-bond donors (Lipinski definition) is 2. The fourth-order valence-corrected chi connectivity index (χ4v) is 2.19. The fraction of sp³-hybridized carbons (Fsp3) is 0.211. The number of para-hydroxylation sites is 1. The van der Waals surface area contributed by atoms with Crippen LogP contribution in [0.5, 0.6) is 5.75 Å². The molecule has 2 aromatic carbocycles. The highest BCUT2D eigenvalue weighted by atomic mass is 35.5. The van der Waals surface area contributed by atoms with Gasteiger partial charge in [-0.2, -0.15) is 5.10 Å². The zero-order valence-electron chi connectivity index (χ0n) is 14.6. The Balaban J connectivity index is 1.76. The predicted molar refractivity (Wildman–Crippen MR) is 103 cm³/mol. The van der Waals surface area contributed by atoms with Crippen LogP contribution < -0.4 is 15.5 Å². The number of anilines is 1. The van der Waals surface area contributed by atoms with Crippen molar-refractivity contribution in [3.8, 4) is 5.75 Å². The first-order chi connectivity index (χ1) is 12.4. The molecule has 0 aromatic heterocycles. The number of carbonyl (C=O) groups excluding carboxylic acids is 2. The van der Waals surface area contributed by atoms with Crippen molar-refractivity contribution in [1.82, 2.24) is 5.43 Å². The first-order valence-electron chi connectivity index (χ1n) is 8.00. The van der Waals surface area contributed by atoms with E-state index in [1.54, 1.807) is 37.3 Å². The number of benzene rings is 2. The Morgan fingerprint density at radius 1 is 1.08 bits per heavy atom. The summed E-state index contributed by atoms with van der Waals surface area (Å²) in [5.41, 5.74) is 4.43. The van der Waals surface area contributed by atoms with Crippen molar-refractivity contribution in [3.05, 3.63) is 59.1 Å². The van der Waals surface area contributed by atoms with Crippen molar-refractivity contribution in [2.24, 2.45) is 5.10 Å². The van der Waals surface area contributed by atoms with E-state index in [2.05, 4.69) is 15.8 Å². The van der Waals surface area contributed by atoms with Crippen molar-refractivity contribution in [2.45, 2.75) is 20.3 Å². The van der Waals surface area contributed by atoms with E-state index in [4.69, 9.17) is 16.3 Å². The molecule has 2 aromatic rings. The van der Waals surface area contributed by atoms with Gasteiger partial charge in [-0.05, 0) is 49.7 Å². The maximum atomic E-state index is 11.9. The van der Waals surface area contributed by atoms with E-state index < -0.39 is 5.91 Å². The number of rotatable bonds is 7. The van der Waals surface area contributed by atoms with Gasteiger partial charge in [0.05, 0.1) is 6.42 Å². The van der Waals surface area contributed by atoms with E-state index in [1.165, 1.54) is 0 Å². The Morgan fingerprint density at radius 3 is 2.46 bits per heavy atom. The van der Waals surface area contributed by atoms with Crippen LogP contribution in [0.3, 0.4) is 0 Å². The van der Waals surface area contributed by atoms with Gasteiger partial charge in [0.15, 0.2) is 6.61 Å². The van der Waals surface area contributed by atoms with Gasteiger partial charge in [-0.1, -0.05) is 29.8 Å². The molecule has 0 radical (unpaired) electrons. The quantitative estimate of drug-likeness (QED) is 0.575. The van der Waals surface area contributed by atoms with Gasteiger partial charge in [0, 0.05) is 16.4 Å². The topological polar surface area (TPSA) is 79.8 Å². The molecule has 6 nitrogen and oxygen atoms in total. The third kappa shape index (κ3) is 6.57. The van der Waals surface area contributed by atoms with Gasteiger partial charge in [-0.25, -0.2) is 5.43 Å². The first-order valence-corrected chi connectivity index (χ1v) is 8.37. The van der Waals surface area contributed by atoms with E-state index >= 15 is 0 Å². The van der Waals surface area contributed by atoms with Crippen LogP contribution in [0.1, 0.15) is 18.9 Å². The largest absolute Gasteiger partial charge is 0.483 e. The highest BCUT2D eigenvalue weighted by Crippen LogP contribution is 2.16. The molecule has 0 aliphatic heterocycles. The van der Waals surface area contributed by atoms with Crippen LogP contribution in [0.25, 0.3) is 0 Å². The van der Waals surface area contributed by atoms with Crippen molar-refractivity contribution in [3.63, 3.8) is 0 Å². The van der Waals surface area contributed by atoms with E-state index in [9.17, 15) is 9.59 Å². The second kappa shape index (κ2) is 9.58. The Hall–Kier alpha value is -2.86. The fourth-order valence-electron chi connectivity index (χ4n) is 2.06. The summed E-state index contributed by atoms with van der Waals surface area (Å²) in [4.78, 5) is 23.7. The summed E-state index contributed by atoms with van der Waals surface area (Å²) in [6.45, 7) is 3.40. The summed E-state index contributed by atoms with van der Waals surface area (Å²) in [5.74, 6) is 0.00962. The lowest BCUT2D eigenvalue weighted by Crippen LogP contribution is -2.26. The molecule has 7 heteroatoms. The number of carbonyl (C=O) groups is 2. The molecule has 0 spiro atoms. The number of halogens is 1. The summed E-state index contributed by atoms with van der Waals surface area (Å²) < 4.78 is 5.43. The van der Waals surface area contributed by atoms with Crippen LogP contribution >= 0.6 is 11.6 Å². The summed E-state index contributed by atoms with van der Waals surface area (Å²) in [6.07, 6.45) is 0.0571. The normalized spacial score (nSPS) is 11.0. The smallest absolute Gasteiger partial charge is 0.277 e. The van der Waals surface area contributed by atoms with E-state index in [0.717, 1.165) is 5.56 Å². The zero-order chi connectivity index (χ0) is 18.9. The Labute approximate surface area is 157 Å². The molecule has 2 amide bonds. The maximum absolute atomic E-state index is 11.9. The van der Waals surface area contributed by atoms with Crippen molar-refractivity contribution < 1.29 is 14.3 Å². The third-order valence-corrected chi connectivity index (χ3v) is 3.62. The van der Waals surface area contributed by atoms with Gasteiger partial charge in [0.25, 0.3) is 5.91 Å². The molecule has 0 saturated heterocycles. The maximum Gasteiger partial charge on any atom is 0.277 e. The summed E-state index contributed by atoms with van der Waals surface area (Å²) in [7, 11) is 0. The Morgan fingerprint density at radius 2 is 1.77 bits per heavy atom. The summed E-state index contributed by atoms with van der Waals surface area (Å²) in [5, 5.41) is 7.23. The van der Waals surface area contributed by atoms with Gasteiger partial charge in [0.1, 0.15) is 5.75 Å². The lowest BCUT2D eigenvalue weighted by atomic mass is 10.2. The Bertz CT molecular complexity index is 804. The molecule has 0 unspecified atom stereocenters. The van der Waals surface area contributed by atoms with Crippen LogP contribution in [0, 0.1) is 6.92 Å². The van der Waals surface area contributed by atoms with Crippen LogP contribution in [0.2, 0.25) is 5.02 Å². The molecule has 0 aliphatic carbocycles. The van der Waals surface area contributed by atoms with Gasteiger partial charge in [0.2, 0.25) is 5.91 Å². The summed E-state index contributed by atoms with van der Waals surface area (Å²) >= 11 is 5.79. The van der Waals surface area contributed by atoms with Crippen molar-refractivity contribution in [1.29, 1.82) is 0 Å². The van der Waals surface area contributed by atoms with Crippen LogP contribution in [0.4, 0.5) is 5.69 Å². The van der Waals surface area contributed by atoms with Gasteiger partial charge in [-0.3, -0.25) is 9.59 Å². The molecule has 0 heterocycles. The standard InChI is InChI=1S/C19H20ClN3O3/c1-13-5-3-4-6-17(13)26-12-19(25)23-22-14(2)11-18(24)21-16-9-7-15(20)8-10-16/h3-10H,11-12H2,1-2H3,(H,21,24)(H,23,25)/b22-14+. The average Bonchev–Trinajstić information content (AvgIpc) is 2.61. The number of ether oxygens (including phenoxy) is 1. The van der Waals surface area contributed by atoms with Crippen LogP contribution in [-0.4, -0.2) is 24.1 Å². The highest BCUT2D eigenvalue weighted by molar-refractivity contribution is 6.30. The SMILES string of the molecule is C/C(CC(=O)Nc1ccc(Cl)cc1)=N\NC(=O)COc1ccccc1C. The first kappa shape index (κ1) is 19.5.